The van der Waals surface area contributed by atoms with Gasteiger partial charge in [-0.25, -0.2) is 14.6 Å². The number of esters is 1. The number of rotatable bonds is 9. The maximum Gasteiger partial charge on any atom is 0.341 e. The Balaban J connectivity index is 0.000000466. The molecule has 1 atom stereocenters. The molecule has 35 heavy (non-hydrogen) atoms. The Bertz CT molecular complexity index is 1160. The van der Waals surface area contributed by atoms with Crippen molar-refractivity contribution in [3.05, 3.63) is 83.8 Å². The van der Waals surface area contributed by atoms with E-state index >= 15 is 0 Å². The van der Waals surface area contributed by atoms with Crippen molar-refractivity contribution < 1.29 is 39.4 Å². The molecule has 0 saturated carbocycles. The number of quaternary nitrogens is 1. The first kappa shape index (κ1) is 26.8. The molecular weight excluding hydrogens is 454 g/mol. The second kappa shape index (κ2) is 13.3. The number of benzene rings is 2. The summed E-state index contributed by atoms with van der Waals surface area (Å²) in [5, 5.41) is 19.4. The molecule has 0 bridgehead atoms. The van der Waals surface area contributed by atoms with Gasteiger partial charge in [0.1, 0.15) is 23.9 Å². The predicted molar refractivity (Wildman–Crippen MR) is 124 cm³/mol. The van der Waals surface area contributed by atoms with Crippen molar-refractivity contribution in [2.75, 3.05) is 14.2 Å². The fraction of sp³-hybridized carbons (Fsp3) is 0.200. The zero-order valence-electron chi connectivity index (χ0n) is 19.6. The van der Waals surface area contributed by atoms with Gasteiger partial charge in [0.2, 0.25) is 0 Å². The van der Waals surface area contributed by atoms with Gasteiger partial charge >= 0.3 is 11.9 Å². The highest BCUT2D eigenvalue weighted by Crippen LogP contribution is 2.21. The van der Waals surface area contributed by atoms with Crippen molar-refractivity contribution in [2.24, 2.45) is 0 Å². The van der Waals surface area contributed by atoms with E-state index in [1.807, 2.05) is 36.5 Å². The van der Waals surface area contributed by atoms with Crippen LogP contribution in [0.5, 0.6) is 5.75 Å². The van der Waals surface area contributed by atoms with Crippen molar-refractivity contribution in [2.45, 2.75) is 19.5 Å². The van der Waals surface area contributed by atoms with E-state index in [4.69, 9.17) is 14.6 Å². The molecule has 2 aromatic carbocycles. The van der Waals surface area contributed by atoms with Gasteiger partial charge < -0.3 is 34.8 Å². The molecule has 4 N–H and O–H groups in total. The zero-order valence-corrected chi connectivity index (χ0v) is 19.6. The molecule has 3 rings (SSSR count). The minimum absolute atomic E-state index is 0.145. The average molecular weight is 482 g/mol. The number of nitrogens with one attached hydrogen (secondary N) is 1. The van der Waals surface area contributed by atoms with Crippen LogP contribution in [0.15, 0.2) is 66.9 Å². The standard InChI is InChI=1S/C21H23N3O3.C4H4O4/c1-14(20-23-13-18(24-20)16-7-5-4-6-8-16)22-12-15-9-10-19(26-2)17(11-15)21(25)27-3;5-3(6)1-2-4(7)8/h4-11,13-14,22H,12H2,1-3H3,(H,23,24);1-2H,(H,5,6)(H,7,8)/b;2-1+/t14-;/m0./s1. The first-order valence-corrected chi connectivity index (χ1v) is 10.6. The summed E-state index contributed by atoms with van der Waals surface area (Å²) < 4.78 is 10.1. The average Bonchev–Trinajstić information content (AvgIpc) is 3.37. The number of hydrogen-bond acceptors (Lipinski definition) is 7. The number of methoxy groups -OCH3 is 2. The third-order valence-corrected chi connectivity index (χ3v) is 4.85. The number of aromatic nitrogens is 2. The molecule has 3 aromatic rings. The second-order valence-corrected chi connectivity index (χ2v) is 7.29. The highest BCUT2D eigenvalue weighted by molar-refractivity contribution is 5.92. The summed E-state index contributed by atoms with van der Waals surface area (Å²) in [5.41, 5.74) is 3.56. The largest absolute Gasteiger partial charge is 0.545 e. The van der Waals surface area contributed by atoms with Gasteiger partial charge in [-0.05, 0) is 36.8 Å². The van der Waals surface area contributed by atoms with Gasteiger partial charge in [0.25, 0.3) is 0 Å². The van der Waals surface area contributed by atoms with Crippen LogP contribution in [0, 0.1) is 0 Å². The number of imidazole rings is 1. The molecule has 0 aliphatic carbocycles. The van der Waals surface area contributed by atoms with Gasteiger partial charge in [-0.2, -0.15) is 0 Å². The van der Waals surface area contributed by atoms with E-state index in [-0.39, 0.29) is 6.04 Å². The molecule has 0 aliphatic rings. The van der Waals surface area contributed by atoms with E-state index in [1.54, 1.807) is 6.07 Å². The first-order chi connectivity index (χ1) is 16.7. The molecule has 10 nitrogen and oxygen atoms in total. The number of aromatic amines is 1. The Morgan fingerprint density at radius 1 is 1.14 bits per heavy atom. The van der Waals surface area contributed by atoms with Crippen molar-refractivity contribution >= 4 is 17.9 Å². The van der Waals surface area contributed by atoms with Crippen LogP contribution in [0.2, 0.25) is 0 Å². The lowest BCUT2D eigenvalue weighted by molar-refractivity contribution is -0.708. The number of ether oxygens (including phenoxy) is 2. The minimum atomic E-state index is -1.51. The first-order valence-electron chi connectivity index (χ1n) is 10.6. The number of carboxylic acid groups (broad SMARTS) is 2. The smallest absolute Gasteiger partial charge is 0.341 e. The van der Waals surface area contributed by atoms with Crippen LogP contribution >= 0.6 is 0 Å². The van der Waals surface area contributed by atoms with Gasteiger partial charge in [-0.15, -0.1) is 0 Å². The van der Waals surface area contributed by atoms with E-state index in [2.05, 4.69) is 34.3 Å². The third-order valence-electron chi connectivity index (χ3n) is 4.85. The summed E-state index contributed by atoms with van der Waals surface area (Å²) in [6.07, 6.45) is 2.80. The number of carbonyl (C=O) groups is 3. The molecule has 0 unspecified atom stereocenters. The maximum atomic E-state index is 11.9. The van der Waals surface area contributed by atoms with Gasteiger partial charge in [-0.1, -0.05) is 30.3 Å². The highest BCUT2D eigenvalue weighted by Gasteiger charge is 2.16. The lowest BCUT2D eigenvalue weighted by Crippen LogP contribution is -2.83. The molecule has 0 aliphatic heterocycles. The Kier molecular flexibility index (Phi) is 10.2. The molecule has 1 aromatic heterocycles. The molecule has 10 heteroatoms. The van der Waals surface area contributed by atoms with Gasteiger partial charge in [0, 0.05) is 11.6 Å². The number of nitrogens with zero attached hydrogens (tertiary/aromatic N) is 1. The van der Waals surface area contributed by atoms with Crippen molar-refractivity contribution in [1.82, 2.24) is 9.97 Å². The lowest BCUT2D eigenvalue weighted by atomic mass is 10.1. The van der Waals surface area contributed by atoms with Crippen LogP contribution in [-0.4, -0.2) is 47.2 Å². The Hall–Kier alpha value is -4.44. The predicted octanol–water partition coefficient (Wildman–Crippen LogP) is 1.07. The number of carboxylic acids is 2. The summed E-state index contributed by atoms with van der Waals surface area (Å²) in [6, 6.07) is 15.8. The molecule has 184 valence electrons. The Labute approximate surface area is 202 Å². The topological polar surface area (TPSA) is 158 Å². The van der Waals surface area contributed by atoms with Crippen molar-refractivity contribution in [3.63, 3.8) is 0 Å². The zero-order chi connectivity index (χ0) is 25.8. The lowest BCUT2D eigenvalue weighted by Gasteiger charge is -2.11. The fourth-order valence-electron chi connectivity index (χ4n) is 3.05. The molecule has 0 radical (unpaired) electrons. The summed E-state index contributed by atoms with van der Waals surface area (Å²) in [4.78, 5) is 38.8. The van der Waals surface area contributed by atoms with Crippen molar-refractivity contribution in [1.29, 1.82) is 0 Å². The minimum Gasteiger partial charge on any atom is -0.545 e. The number of hydrogen-bond donors (Lipinski definition) is 3. The molecule has 0 saturated heterocycles. The van der Waals surface area contributed by atoms with E-state index < -0.39 is 17.9 Å². The Morgan fingerprint density at radius 3 is 2.43 bits per heavy atom. The van der Waals surface area contributed by atoms with Crippen LogP contribution in [0.3, 0.4) is 0 Å². The quantitative estimate of drug-likeness (QED) is 0.302. The second-order valence-electron chi connectivity index (χ2n) is 7.29. The van der Waals surface area contributed by atoms with E-state index in [9.17, 15) is 19.5 Å². The van der Waals surface area contributed by atoms with E-state index in [0.717, 1.165) is 22.6 Å². The summed E-state index contributed by atoms with van der Waals surface area (Å²) >= 11 is 0. The van der Waals surface area contributed by atoms with Gasteiger partial charge in [-0.3, -0.25) is 0 Å². The SMILES string of the molecule is COC(=O)c1cc(C[NH2+][C@@H](C)c2ncc(-c3ccccc3)[nH]2)ccc1OC.O=C([O-])/C=C/C(=O)O. The number of nitrogens with two attached hydrogens (primary N) is 1. The van der Waals surface area contributed by atoms with Crippen LogP contribution in [0.25, 0.3) is 11.3 Å². The van der Waals surface area contributed by atoms with Crippen LogP contribution < -0.4 is 15.2 Å². The van der Waals surface area contributed by atoms with Gasteiger partial charge in [0.15, 0.2) is 5.82 Å². The molecule has 0 amide bonds. The third kappa shape index (κ3) is 8.45. The fourth-order valence-corrected chi connectivity index (χ4v) is 3.05. The summed E-state index contributed by atoms with van der Waals surface area (Å²) in [7, 11) is 2.90. The van der Waals surface area contributed by atoms with Crippen LogP contribution in [0.1, 0.15) is 34.7 Å². The normalized spacial score (nSPS) is 11.3. The summed E-state index contributed by atoms with van der Waals surface area (Å²) in [5.74, 6) is -1.78. The number of carbonyl (C=O) groups excluding carboxylic acids is 2. The maximum absolute atomic E-state index is 11.9. The van der Waals surface area contributed by atoms with Crippen LogP contribution in [0.4, 0.5) is 0 Å². The number of H-pyrrole nitrogens is 1. The monoisotopic (exact) mass is 481 g/mol. The molecule has 0 spiro atoms. The van der Waals surface area contributed by atoms with E-state index in [1.165, 1.54) is 14.2 Å². The highest BCUT2D eigenvalue weighted by atomic mass is 16.5. The summed E-state index contributed by atoms with van der Waals surface area (Å²) in [6.45, 7) is 2.80. The van der Waals surface area contributed by atoms with Crippen molar-refractivity contribution in [3.8, 4) is 17.0 Å². The van der Waals surface area contributed by atoms with Gasteiger partial charge in [0.05, 0.1) is 32.1 Å². The number of aliphatic carboxylic acids is 2. The molecule has 1 heterocycles. The molecular formula is C25H27N3O7. The van der Waals surface area contributed by atoms with E-state index in [0.29, 0.717) is 30.0 Å². The van der Waals surface area contributed by atoms with Crippen LogP contribution in [-0.2, 0) is 20.9 Å². The Morgan fingerprint density at radius 2 is 1.86 bits per heavy atom. The molecule has 0 fully saturated rings.